The lowest BCUT2D eigenvalue weighted by Gasteiger charge is -2.23. The molecule has 0 aliphatic rings. The van der Waals surface area contributed by atoms with Gasteiger partial charge in [0, 0.05) is 0 Å². The van der Waals surface area contributed by atoms with E-state index >= 15 is 0 Å². The molecule has 3 aromatic rings. The quantitative estimate of drug-likeness (QED) is 0.697. The van der Waals surface area contributed by atoms with Crippen molar-refractivity contribution in [2.24, 2.45) is 0 Å². The lowest BCUT2D eigenvalue weighted by atomic mass is 10.3. The number of hydrogen-bond acceptors (Lipinski definition) is 4. The SMILES string of the molecule is O=C(Cn1c(=O)cnc2ccccc21)N(Cc1ccco1)CC(F)(F)F. The number of fused-ring (bicyclic) bond motifs is 1. The normalized spacial score (nSPS) is 11.7. The number of hydrogen-bond donors (Lipinski definition) is 0. The predicted octanol–water partition coefficient (Wildman–Crippen LogP) is 2.58. The fourth-order valence-corrected chi connectivity index (χ4v) is 2.55. The van der Waals surface area contributed by atoms with E-state index in [2.05, 4.69) is 4.98 Å². The number of aromatic nitrogens is 2. The van der Waals surface area contributed by atoms with Crippen molar-refractivity contribution in [1.82, 2.24) is 14.5 Å². The summed E-state index contributed by atoms with van der Waals surface area (Å²) in [6, 6.07) is 9.58. The smallest absolute Gasteiger partial charge is 0.406 e. The standard InChI is InChI=1S/C17H14F3N3O3/c18-17(19,20)11-22(9-12-4-3-7-26-12)16(25)10-23-14-6-2-1-5-13(14)21-8-15(23)24/h1-8H,9-11H2. The third-order valence-corrected chi connectivity index (χ3v) is 3.70. The van der Waals surface area contributed by atoms with Crippen LogP contribution in [0.25, 0.3) is 11.0 Å². The van der Waals surface area contributed by atoms with Gasteiger partial charge in [-0.25, -0.2) is 4.98 Å². The summed E-state index contributed by atoms with van der Waals surface area (Å²) in [5.74, 6) is -0.633. The Morgan fingerprint density at radius 3 is 2.65 bits per heavy atom. The third-order valence-electron chi connectivity index (χ3n) is 3.70. The van der Waals surface area contributed by atoms with Crippen molar-refractivity contribution in [2.75, 3.05) is 6.54 Å². The molecule has 0 saturated heterocycles. The van der Waals surface area contributed by atoms with E-state index in [-0.39, 0.29) is 12.3 Å². The van der Waals surface area contributed by atoms with Crippen LogP contribution in [0.4, 0.5) is 13.2 Å². The van der Waals surface area contributed by atoms with Crippen LogP contribution in [0.5, 0.6) is 0 Å². The maximum absolute atomic E-state index is 12.9. The first-order valence-electron chi connectivity index (χ1n) is 7.65. The molecule has 0 saturated carbocycles. The Hall–Kier alpha value is -3.10. The lowest BCUT2D eigenvalue weighted by Crippen LogP contribution is -2.41. The molecule has 0 fully saturated rings. The highest BCUT2D eigenvalue weighted by atomic mass is 19.4. The monoisotopic (exact) mass is 365 g/mol. The minimum atomic E-state index is -4.58. The lowest BCUT2D eigenvalue weighted by molar-refractivity contribution is -0.163. The Morgan fingerprint density at radius 1 is 1.19 bits per heavy atom. The Morgan fingerprint density at radius 2 is 1.96 bits per heavy atom. The van der Waals surface area contributed by atoms with Crippen molar-refractivity contribution in [2.45, 2.75) is 19.3 Å². The van der Waals surface area contributed by atoms with Gasteiger partial charge in [0.15, 0.2) is 0 Å². The Balaban J connectivity index is 1.90. The number of benzene rings is 1. The molecule has 0 bridgehead atoms. The molecule has 2 aromatic heterocycles. The number of para-hydroxylation sites is 2. The molecular formula is C17H14F3N3O3. The molecule has 0 aliphatic carbocycles. The second-order valence-electron chi connectivity index (χ2n) is 5.62. The van der Waals surface area contributed by atoms with E-state index in [0.717, 1.165) is 10.8 Å². The van der Waals surface area contributed by atoms with Gasteiger partial charge >= 0.3 is 6.18 Å². The van der Waals surface area contributed by atoms with Crippen molar-refractivity contribution >= 4 is 16.9 Å². The third kappa shape index (κ3) is 4.11. The van der Waals surface area contributed by atoms with Crippen LogP contribution in [0.1, 0.15) is 5.76 Å². The highest BCUT2D eigenvalue weighted by Gasteiger charge is 2.33. The minimum absolute atomic E-state index is 0.217. The second-order valence-corrected chi connectivity index (χ2v) is 5.62. The van der Waals surface area contributed by atoms with Gasteiger partial charge in [-0.2, -0.15) is 13.2 Å². The number of carbonyl (C=O) groups excluding carboxylic acids is 1. The Kier molecular flexibility index (Phi) is 4.79. The molecule has 6 nitrogen and oxygen atoms in total. The van der Waals surface area contributed by atoms with Gasteiger partial charge in [-0.1, -0.05) is 12.1 Å². The summed E-state index contributed by atoms with van der Waals surface area (Å²) in [7, 11) is 0. The van der Waals surface area contributed by atoms with E-state index in [9.17, 15) is 22.8 Å². The molecule has 0 unspecified atom stereocenters. The molecule has 26 heavy (non-hydrogen) atoms. The molecule has 2 heterocycles. The van der Waals surface area contributed by atoms with E-state index in [4.69, 9.17) is 4.42 Å². The summed E-state index contributed by atoms with van der Waals surface area (Å²) in [5.41, 5.74) is 0.272. The number of carbonyl (C=O) groups is 1. The van der Waals surface area contributed by atoms with E-state index < -0.39 is 30.7 Å². The number of furan rings is 1. The second kappa shape index (κ2) is 7.03. The number of nitrogens with zero attached hydrogens (tertiary/aromatic N) is 3. The molecule has 136 valence electrons. The minimum Gasteiger partial charge on any atom is -0.467 e. The van der Waals surface area contributed by atoms with Gasteiger partial charge in [-0.05, 0) is 24.3 Å². The maximum atomic E-state index is 12.9. The highest BCUT2D eigenvalue weighted by Crippen LogP contribution is 2.19. The van der Waals surface area contributed by atoms with Crippen LogP contribution in [0.2, 0.25) is 0 Å². The average Bonchev–Trinajstić information content (AvgIpc) is 3.08. The van der Waals surface area contributed by atoms with Gasteiger partial charge in [0.2, 0.25) is 5.91 Å². The Labute approximate surface area is 145 Å². The van der Waals surface area contributed by atoms with Crippen molar-refractivity contribution in [3.8, 4) is 0 Å². The van der Waals surface area contributed by atoms with Gasteiger partial charge in [0.25, 0.3) is 5.56 Å². The molecule has 0 spiro atoms. The van der Waals surface area contributed by atoms with Crippen LogP contribution in [-0.4, -0.2) is 33.1 Å². The van der Waals surface area contributed by atoms with Crippen LogP contribution in [0.3, 0.4) is 0 Å². The molecule has 9 heteroatoms. The largest absolute Gasteiger partial charge is 0.467 e. The summed E-state index contributed by atoms with van der Waals surface area (Å²) in [5, 5.41) is 0. The van der Waals surface area contributed by atoms with Gasteiger partial charge in [0.1, 0.15) is 18.8 Å². The van der Waals surface area contributed by atoms with Crippen LogP contribution >= 0.6 is 0 Å². The molecule has 0 atom stereocenters. The van der Waals surface area contributed by atoms with E-state index in [0.29, 0.717) is 15.9 Å². The molecule has 0 aliphatic heterocycles. The number of amides is 1. The first-order chi connectivity index (χ1) is 12.3. The van der Waals surface area contributed by atoms with Crippen molar-refractivity contribution in [3.63, 3.8) is 0 Å². The van der Waals surface area contributed by atoms with Gasteiger partial charge in [-0.15, -0.1) is 0 Å². The summed E-state index contributed by atoms with van der Waals surface area (Å²) in [6.45, 7) is -2.31. The summed E-state index contributed by atoms with van der Waals surface area (Å²) in [4.78, 5) is 29.2. The topological polar surface area (TPSA) is 68.3 Å². The first kappa shape index (κ1) is 17.7. The van der Waals surface area contributed by atoms with Crippen LogP contribution in [0, 0.1) is 0 Å². The summed E-state index contributed by atoms with van der Waals surface area (Å²) < 4.78 is 44.7. The maximum Gasteiger partial charge on any atom is 0.406 e. The summed E-state index contributed by atoms with van der Waals surface area (Å²) >= 11 is 0. The molecule has 0 radical (unpaired) electrons. The van der Waals surface area contributed by atoms with Crippen LogP contribution in [0.15, 0.2) is 58.1 Å². The van der Waals surface area contributed by atoms with Crippen molar-refractivity contribution in [3.05, 3.63) is 65.0 Å². The van der Waals surface area contributed by atoms with Gasteiger partial charge in [0.05, 0.1) is 30.0 Å². The zero-order valence-electron chi connectivity index (χ0n) is 13.4. The predicted molar refractivity (Wildman–Crippen MR) is 86.2 cm³/mol. The Bertz CT molecular complexity index is 965. The number of rotatable bonds is 5. The average molecular weight is 365 g/mol. The van der Waals surface area contributed by atoms with Crippen molar-refractivity contribution in [1.29, 1.82) is 0 Å². The van der Waals surface area contributed by atoms with E-state index in [1.165, 1.54) is 18.4 Å². The highest BCUT2D eigenvalue weighted by molar-refractivity contribution is 5.80. The zero-order valence-corrected chi connectivity index (χ0v) is 13.4. The molecule has 0 N–H and O–H groups in total. The van der Waals surface area contributed by atoms with E-state index in [1.54, 1.807) is 24.3 Å². The molecule has 1 amide bonds. The van der Waals surface area contributed by atoms with Crippen molar-refractivity contribution < 1.29 is 22.4 Å². The number of halogens is 3. The fourth-order valence-electron chi connectivity index (χ4n) is 2.55. The molecule has 3 rings (SSSR count). The first-order valence-corrected chi connectivity index (χ1v) is 7.65. The fraction of sp³-hybridized carbons (Fsp3) is 0.235. The van der Waals surface area contributed by atoms with Crippen LogP contribution in [-0.2, 0) is 17.9 Å². The summed E-state index contributed by atoms with van der Waals surface area (Å²) in [6.07, 6.45) is -2.23. The zero-order chi connectivity index (χ0) is 18.7. The molecule has 1 aromatic carbocycles. The van der Waals surface area contributed by atoms with Gasteiger partial charge < -0.3 is 9.32 Å². The van der Waals surface area contributed by atoms with Gasteiger partial charge in [-0.3, -0.25) is 14.2 Å². The number of alkyl halides is 3. The molecular weight excluding hydrogens is 351 g/mol. The van der Waals surface area contributed by atoms with Crippen LogP contribution < -0.4 is 5.56 Å². The van der Waals surface area contributed by atoms with E-state index in [1.807, 2.05) is 0 Å².